The molecule has 0 fully saturated rings. The Morgan fingerprint density at radius 1 is 1.00 bits per heavy atom. The number of carbonyl (C=O) groups excluding carboxylic acids is 2. The van der Waals surface area contributed by atoms with E-state index in [9.17, 15) is 9.59 Å². The van der Waals surface area contributed by atoms with Crippen LogP contribution in [0.5, 0.6) is 0 Å². The number of aromatic nitrogens is 6. The third kappa shape index (κ3) is 5.37. The van der Waals surface area contributed by atoms with E-state index in [0.29, 0.717) is 34.4 Å². The molecule has 0 radical (unpaired) electrons. The van der Waals surface area contributed by atoms with Crippen molar-refractivity contribution in [2.45, 2.75) is 13.5 Å². The third-order valence-corrected chi connectivity index (χ3v) is 5.85. The van der Waals surface area contributed by atoms with Crippen LogP contribution < -0.4 is 16.4 Å². The zero-order chi connectivity index (χ0) is 26.6. The molecule has 0 spiro atoms. The quantitative estimate of drug-likeness (QED) is 0.251. The summed E-state index contributed by atoms with van der Waals surface area (Å²) in [6, 6.07) is 20.9. The molecule has 12 heteroatoms. The Labute approximate surface area is 222 Å². The van der Waals surface area contributed by atoms with Crippen LogP contribution in [0, 0.1) is 6.92 Å². The highest BCUT2D eigenvalue weighted by atomic mass is 35.5. The van der Waals surface area contributed by atoms with Gasteiger partial charge in [-0.05, 0) is 43.3 Å². The molecule has 0 bridgehead atoms. The van der Waals surface area contributed by atoms with Crippen molar-refractivity contribution in [3.63, 3.8) is 0 Å². The number of carbonyl (C=O) groups is 2. The third-order valence-electron chi connectivity index (χ3n) is 5.52. The molecule has 190 valence electrons. The Bertz CT molecular complexity index is 1630. The predicted octanol–water partition coefficient (Wildman–Crippen LogP) is 3.78. The summed E-state index contributed by atoms with van der Waals surface area (Å²) in [5.74, 6) is 0.793. The Kier molecular flexibility index (Phi) is 6.83. The fourth-order valence-corrected chi connectivity index (χ4v) is 3.93. The maximum Gasteiger partial charge on any atom is 0.272 e. The van der Waals surface area contributed by atoms with Gasteiger partial charge in [0, 0.05) is 11.6 Å². The van der Waals surface area contributed by atoms with E-state index in [1.807, 2.05) is 18.2 Å². The van der Waals surface area contributed by atoms with Crippen molar-refractivity contribution in [2.75, 3.05) is 11.1 Å². The SMILES string of the molecule is Cc1n[nH]c(CNC(=O)c2cc(NC(=O)c3cc(-c4cccc(N)n4)ccc3Cl)n(-c3ccccc3)n2)n1. The predicted molar refractivity (Wildman–Crippen MR) is 143 cm³/mol. The minimum Gasteiger partial charge on any atom is -0.384 e. The van der Waals surface area contributed by atoms with E-state index in [4.69, 9.17) is 17.3 Å². The van der Waals surface area contributed by atoms with Crippen LogP contribution in [0.15, 0.2) is 72.8 Å². The Morgan fingerprint density at radius 2 is 1.82 bits per heavy atom. The van der Waals surface area contributed by atoms with Gasteiger partial charge in [-0.1, -0.05) is 41.9 Å². The lowest BCUT2D eigenvalue weighted by atomic mass is 10.1. The number of nitrogen functional groups attached to an aromatic ring is 1. The highest BCUT2D eigenvalue weighted by molar-refractivity contribution is 6.34. The molecule has 0 aliphatic heterocycles. The van der Waals surface area contributed by atoms with E-state index in [2.05, 4.69) is 35.9 Å². The number of para-hydroxylation sites is 1. The number of aryl methyl sites for hydroxylation is 1. The number of nitrogens with zero attached hydrogens (tertiary/aromatic N) is 5. The zero-order valence-electron chi connectivity index (χ0n) is 20.1. The van der Waals surface area contributed by atoms with Crippen LogP contribution in [0.4, 0.5) is 11.6 Å². The molecule has 0 aliphatic carbocycles. The number of rotatable bonds is 7. The Hall–Kier alpha value is -5.03. The molecule has 2 amide bonds. The molecule has 0 saturated carbocycles. The topological polar surface area (TPSA) is 156 Å². The number of nitrogens with two attached hydrogens (primary N) is 1. The average Bonchev–Trinajstić information content (AvgIpc) is 3.54. The second-order valence-corrected chi connectivity index (χ2v) is 8.68. The van der Waals surface area contributed by atoms with Crippen LogP contribution in [0.25, 0.3) is 16.9 Å². The average molecular weight is 528 g/mol. The van der Waals surface area contributed by atoms with Gasteiger partial charge in [0.2, 0.25) is 0 Å². The smallest absolute Gasteiger partial charge is 0.272 e. The molecule has 5 N–H and O–H groups in total. The van der Waals surface area contributed by atoms with E-state index in [1.165, 1.54) is 10.7 Å². The summed E-state index contributed by atoms with van der Waals surface area (Å²) in [5.41, 5.74) is 8.06. The standard InChI is InChI=1S/C26H22ClN9O2/c1-15-30-23(34-33-15)14-29-26(38)21-13-24(36(35-21)17-6-3-2-4-7-17)32-25(37)18-12-16(10-11-19(18)27)20-8-5-9-22(28)31-20/h2-13H,14H2,1H3,(H2,28,31)(H,29,38)(H,32,37)(H,30,33,34). The first-order chi connectivity index (χ1) is 18.4. The molecule has 5 rings (SSSR count). The first-order valence-electron chi connectivity index (χ1n) is 11.5. The highest BCUT2D eigenvalue weighted by Gasteiger charge is 2.20. The first kappa shape index (κ1) is 24.7. The highest BCUT2D eigenvalue weighted by Crippen LogP contribution is 2.26. The van der Waals surface area contributed by atoms with Gasteiger partial charge >= 0.3 is 0 Å². The summed E-state index contributed by atoms with van der Waals surface area (Å²) in [5, 5.41) is 16.9. The van der Waals surface area contributed by atoms with Crippen molar-refractivity contribution in [3.05, 3.63) is 101 Å². The van der Waals surface area contributed by atoms with Crippen molar-refractivity contribution in [3.8, 4) is 16.9 Å². The van der Waals surface area contributed by atoms with Gasteiger partial charge in [0.1, 0.15) is 23.3 Å². The molecule has 0 unspecified atom stereocenters. The summed E-state index contributed by atoms with van der Waals surface area (Å²) in [6.45, 7) is 1.88. The van der Waals surface area contributed by atoms with Crippen molar-refractivity contribution >= 4 is 35.1 Å². The molecule has 2 aromatic carbocycles. The van der Waals surface area contributed by atoms with Gasteiger partial charge in [0.15, 0.2) is 5.69 Å². The Balaban J connectivity index is 1.43. The van der Waals surface area contributed by atoms with E-state index in [0.717, 1.165) is 0 Å². The van der Waals surface area contributed by atoms with Gasteiger partial charge in [-0.3, -0.25) is 14.7 Å². The summed E-state index contributed by atoms with van der Waals surface area (Å²) < 4.78 is 1.47. The van der Waals surface area contributed by atoms with Crippen LogP contribution in [0.2, 0.25) is 5.02 Å². The second kappa shape index (κ2) is 10.5. The van der Waals surface area contributed by atoms with Gasteiger partial charge < -0.3 is 16.4 Å². The molecule has 0 atom stereocenters. The number of benzene rings is 2. The van der Waals surface area contributed by atoms with Gasteiger partial charge in [-0.25, -0.2) is 14.6 Å². The molecule has 11 nitrogen and oxygen atoms in total. The monoisotopic (exact) mass is 527 g/mol. The Morgan fingerprint density at radius 3 is 2.55 bits per heavy atom. The number of hydrogen-bond acceptors (Lipinski definition) is 7. The van der Waals surface area contributed by atoms with Gasteiger partial charge in [-0.15, -0.1) is 0 Å². The summed E-state index contributed by atoms with van der Waals surface area (Å²) in [6.07, 6.45) is 0. The maximum atomic E-state index is 13.4. The van der Waals surface area contributed by atoms with Crippen molar-refractivity contribution in [2.24, 2.45) is 0 Å². The molecule has 5 aromatic rings. The number of amides is 2. The maximum absolute atomic E-state index is 13.4. The number of aromatic amines is 1. The van der Waals surface area contributed by atoms with E-state index in [-0.39, 0.29) is 28.6 Å². The number of nitrogens with one attached hydrogen (secondary N) is 3. The second-order valence-electron chi connectivity index (χ2n) is 8.27. The van der Waals surface area contributed by atoms with Gasteiger partial charge in [0.25, 0.3) is 11.8 Å². The van der Waals surface area contributed by atoms with Crippen molar-refractivity contribution < 1.29 is 9.59 Å². The number of pyridine rings is 1. The molecule has 38 heavy (non-hydrogen) atoms. The number of H-pyrrole nitrogens is 1. The fraction of sp³-hybridized carbons (Fsp3) is 0.0769. The van der Waals surface area contributed by atoms with E-state index >= 15 is 0 Å². The van der Waals surface area contributed by atoms with Crippen molar-refractivity contribution in [1.29, 1.82) is 0 Å². The van der Waals surface area contributed by atoms with Gasteiger partial charge in [-0.2, -0.15) is 10.2 Å². The fourth-order valence-electron chi connectivity index (χ4n) is 3.73. The largest absolute Gasteiger partial charge is 0.384 e. The van der Waals surface area contributed by atoms with Crippen LogP contribution in [-0.2, 0) is 6.54 Å². The van der Waals surface area contributed by atoms with E-state index in [1.54, 1.807) is 55.5 Å². The van der Waals surface area contributed by atoms with Gasteiger partial charge in [0.05, 0.1) is 28.5 Å². The number of hydrogen-bond donors (Lipinski definition) is 4. The minimum atomic E-state index is -0.484. The van der Waals surface area contributed by atoms with E-state index < -0.39 is 11.8 Å². The molecule has 0 saturated heterocycles. The first-order valence-corrected chi connectivity index (χ1v) is 11.9. The zero-order valence-corrected chi connectivity index (χ0v) is 20.9. The van der Waals surface area contributed by atoms with Crippen LogP contribution >= 0.6 is 11.6 Å². The lowest BCUT2D eigenvalue weighted by Crippen LogP contribution is -2.24. The normalized spacial score (nSPS) is 10.8. The molecule has 3 heterocycles. The molecule has 0 aliphatic rings. The van der Waals surface area contributed by atoms with Crippen LogP contribution in [-0.4, -0.2) is 41.8 Å². The lowest BCUT2D eigenvalue weighted by molar-refractivity contribution is 0.0943. The van der Waals surface area contributed by atoms with Crippen LogP contribution in [0.1, 0.15) is 32.5 Å². The summed E-state index contributed by atoms with van der Waals surface area (Å²) >= 11 is 6.38. The lowest BCUT2D eigenvalue weighted by Gasteiger charge is -2.11. The van der Waals surface area contributed by atoms with Crippen molar-refractivity contribution in [1.82, 2.24) is 35.3 Å². The minimum absolute atomic E-state index is 0.101. The molecule has 3 aromatic heterocycles. The molecular weight excluding hydrogens is 506 g/mol. The van der Waals surface area contributed by atoms with Crippen LogP contribution in [0.3, 0.4) is 0 Å². The molecular formula is C26H22ClN9O2. The number of halogens is 1. The summed E-state index contributed by atoms with van der Waals surface area (Å²) in [4.78, 5) is 34.7. The number of anilines is 2. The summed E-state index contributed by atoms with van der Waals surface area (Å²) in [7, 11) is 0.